The van der Waals surface area contributed by atoms with Crippen LogP contribution in [0.4, 0.5) is 5.69 Å². The van der Waals surface area contributed by atoms with Gasteiger partial charge < -0.3 is 10.6 Å². The molecule has 136 valence electrons. The lowest BCUT2D eigenvalue weighted by atomic mass is 10.3. The molecule has 1 aromatic carbocycles. The van der Waals surface area contributed by atoms with Gasteiger partial charge in [0.1, 0.15) is 0 Å². The third kappa shape index (κ3) is 7.68. The summed E-state index contributed by atoms with van der Waals surface area (Å²) in [7, 11) is -1.96. The van der Waals surface area contributed by atoms with Crippen LogP contribution in [0, 0.1) is 10.1 Å². The molecule has 1 aromatic rings. The van der Waals surface area contributed by atoms with Gasteiger partial charge in [0.05, 0.1) is 9.82 Å². The number of carbonyl (C=O) groups excluding carboxylic acids is 1. The van der Waals surface area contributed by atoms with Crippen molar-refractivity contribution in [1.82, 2.24) is 15.4 Å². The first kappa shape index (κ1) is 22.2. The van der Waals surface area contributed by atoms with Gasteiger partial charge in [0.15, 0.2) is 0 Å². The van der Waals surface area contributed by atoms with Crippen LogP contribution in [0.15, 0.2) is 29.2 Å². The number of carbonyl (C=O) groups is 1. The summed E-state index contributed by atoms with van der Waals surface area (Å²) in [5, 5.41) is 16.1. The highest BCUT2D eigenvalue weighted by Crippen LogP contribution is 2.15. The van der Waals surface area contributed by atoms with Crippen LogP contribution in [0.25, 0.3) is 0 Å². The van der Waals surface area contributed by atoms with Crippen molar-refractivity contribution < 1.29 is 18.1 Å². The lowest BCUT2D eigenvalue weighted by Gasteiger charge is -2.08. The Morgan fingerprint density at radius 3 is 2.33 bits per heavy atom. The number of rotatable bonds is 10. The van der Waals surface area contributed by atoms with Crippen LogP contribution in [-0.4, -0.2) is 45.9 Å². The molecule has 24 heavy (non-hydrogen) atoms. The second-order valence-corrected chi connectivity index (χ2v) is 6.47. The monoisotopic (exact) mass is 380 g/mol. The predicted octanol–water partition coefficient (Wildman–Crippen LogP) is 0.411. The van der Waals surface area contributed by atoms with Crippen molar-refractivity contribution in [1.29, 1.82) is 0 Å². The smallest absolute Gasteiger partial charge is 0.269 e. The number of nitrogens with one attached hydrogen (secondary N) is 3. The molecule has 0 heterocycles. The number of nitrogens with zero attached hydrogens (tertiary/aromatic N) is 1. The van der Waals surface area contributed by atoms with Crippen LogP contribution in [0.5, 0.6) is 0 Å². The maximum Gasteiger partial charge on any atom is 0.269 e. The zero-order valence-electron chi connectivity index (χ0n) is 13.1. The Hall–Kier alpha value is -1.75. The summed E-state index contributed by atoms with van der Waals surface area (Å²) >= 11 is 0. The van der Waals surface area contributed by atoms with E-state index in [4.69, 9.17) is 0 Å². The lowest BCUT2D eigenvalue weighted by molar-refractivity contribution is -0.384. The second kappa shape index (κ2) is 10.9. The Kier molecular flexibility index (Phi) is 10.1. The van der Waals surface area contributed by atoms with Gasteiger partial charge in [-0.15, -0.1) is 12.4 Å². The fraction of sp³-hybridized carbons (Fsp3) is 0.462. The van der Waals surface area contributed by atoms with E-state index in [9.17, 15) is 23.3 Å². The van der Waals surface area contributed by atoms with Crippen LogP contribution in [0.2, 0.25) is 0 Å². The third-order valence-corrected chi connectivity index (χ3v) is 4.40. The first-order valence-electron chi connectivity index (χ1n) is 7.02. The van der Waals surface area contributed by atoms with Crippen molar-refractivity contribution in [3.63, 3.8) is 0 Å². The first-order valence-corrected chi connectivity index (χ1v) is 8.50. The fourth-order valence-electron chi connectivity index (χ4n) is 1.73. The number of hydrogen-bond acceptors (Lipinski definition) is 6. The molecule has 0 aromatic heterocycles. The molecule has 0 saturated carbocycles. The van der Waals surface area contributed by atoms with E-state index in [0.717, 1.165) is 30.8 Å². The number of benzene rings is 1. The molecule has 0 aliphatic heterocycles. The molecular formula is C13H21ClN4O5S. The molecule has 0 unspecified atom stereocenters. The number of nitro groups is 1. The zero-order valence-corrected chi connectivity index (χ0v) is 14.8. The number of non-ortho nitro benzene ring substituents is 1. The first-order chi connectivity index (χ1) is 10.9. The van der Waals surface area contributed by atoms with Gasteiger partial charge in [-0.05, 0) is 32.1 Å². The molecular weight excluding hydrogens is 360 g/mol. The molecule has 0 radical (unpaired) electrons. The minimum Gasteiger partial charge on any atom is -0.355 e. The van der Waals surface area contributed by atoms with Gasteiger partial charge in [0.25, 0.3) is 5.69 Å². The van der Waals surface area contributed by atoms with Crippen LogP contribution in [0.1, 0.15) is 12.8 Å². The summed E-state index contributed by atoms with van der Waals surface area (Å²) in [4.78, 5) is 21.3. The van der Waals surface area contributed by atoms with E-state index in [-0.39, 0.29) is 42.0 Å². The molecule has 0 bridgehead atoms. The summed E-state index contributed by atoms with van der Waals surface area (Å²) < 4.78 is 26.3. The quantitative estimate of drug-likeness (QED) is 0.306. The normalized spacial score (nSPS) is 10.7. The highest BCUT2D eigenvalue weighted by atomic mass is 35.5. The van der Waals surface area contributed by atoms with E-state index >= 15 is 0 Å². The van der Waals surface area contributed by atoms with E-state index in [1.807, 2.05) is 0 Å². The van der Waals surface area contributed by atoms with Gasteiger partial charge in [-0.25, -0.2) is 13.1 Å². The van der Waals surface area contributed by atoms with Crippen LogP contribution in [0.3, 0.4) is 0 Å². The van der Waals surface area contributed by atoms with Crippen molar-refractivity contribution in [2.45, 2.75) is 17.7 Å². The van der Waals surface area contributed by atoms with Crippen molar-refractivity contribution in [3.05, 3.63) is 34.4 Å². The van der Waals surface area contributed by atoms with Gasteiger partial charge in [-0.1, -0.05) is 0 Å². The van der Waals surface area contributed by atoms with E-state index in [0.29, 0.717) is 12.8 Å². The third-order valence-electron chi connectivity index (χ3n) is 2.93. The molecule has 0 spiro atoms. The predicted molar refractivity (Wildman–Crippen MR) is 91.7 cm³/mol. The number of halogens is 1. The molecule has 0 aliphatic carbocycles. The minimum absolute atomic E-state index is 0. The Balaban J connectivity index is 0.00000529. The zero-order chi connectivity index (χ0) is 17.3. The Labute approximate surface area is 146 Å². The summed E-state index contributed by atoms with van der Waals surface area (Å²) in [6.45, 7) is 0.946. The summed E-state index contributed by atoms with van der Waals surface area (Å²) in [6, 6.07) is 4.57. The second-order valence-electron chi connectivity index (χ2n) is 4.71. The van der Waals surface area contributed by atoms with Crippen LogP contribution >= 0.6 is 12.4 Å². The molecule has 11 heteroatoms. The van der Waals surface area contributed by atoms with E-state index in [1.165, 1.54) is 0 Å². The van der Waals surface area contributed by atoms with Crippen molar-refractivity contribution >= 4 is 34.0 Å². The minimum atomic E-state index is -3.76. The number of nitro benzene ring substituents is 1. The molecule has 0 aliphatic rings. The van der Waals surface area contributed by atoms with E-state index in [2.05, 4.69) is 15.4 Å². The van der Waals surface area contributed by atoms with Crippen molar-refractivity contribution in [3.8, 4) is 0 Å². The van der Waals surface area contributed by atoms with Gasteiger partial charge in [0, 0.05) is 31.6 Å². The lowest BCUT2D eigenvalue weighted by Crippen LogP contribution is -2.34. The molecule has 3 N–H and O–H groups in total. The molecule has 0 fully saturated rings. The van der Waals surface area contributed by atoms with Gasteiger partial charge in [-0.2, -0.15) is 0 Å². The fourth-order valence-corrected chi connectivity index (χ4v) is 2.76. The van der Waals surface area contributed by atoms with E-state index in [1.54, 1.807) is 7.05 Å². The topological polar surface area (TPSA) is 130 Å². The van der Waals surface area contributed by atoms with Crippen molar-refractivity contribution in [2.24, 2.45) is 0 Å². The molecule has 1 amide bonds. The SMILES string of the molecule is CNCCCC(=O)NCCNS(=O)(=O)c1ccc([N+](=O)[O-])cc1.Cl. The van der Waals surface area contributed by atoms with Gasteiger partial charge >= 0.3 is 0 Å². The van der Waals surface area contributed by atoms with Crippen molar-refractivity contribution in [2.75, 3.05) is 26.7 Å². The van der Waals surface area contributed by atoms with Gasteiger partial charge in [-0.3, -0.25) is 14.9 Å². The average molecular weight is 381 g/mol. The maximum atomic E-state index is 12.0. The summed E-state index contributed by atoms with van der Waals surface area (Å²) in [5.41, 5.74) is -0.183. The van der Waals surface area contributed by atoms with Gasteiger partial charge in [0.2, 0.25) is 15.9 Å². The highest BCUT2D eigenvalue weighted by molar-refractivity contribution is 7.89. The largest absolute Gasteiger partial charge is 0.355 e. The summed E-state index contributed by atoms with van der Waals surface area (Å²) in [6.07, 6.45) is 1.08. The average Bonchev–Trinajstić information content (AvgIpc) is 2.52. The summed E-state index contributed by atoms with van der Waals surface area (Å²) in [5.74, 6) is -0.144. The Bertz CT molecular complexity index is 636. The molecule has 1 rings (SSSR count). The highest BCUT2D eigenvalue weighted by Gasteiger charge is 2.15. The number of sulfonamides is 1. The molecule has 9 nitrogen and oxygen atoms in total. The van der Waals surface area contributed by atoms with Crippen LogP contribution < -0.4 is 15.4 Å². The van der Waals surface area contributed by atoms with Crippen LogP contribution in [-0.2, 0) is 14.8 Å². The Morgan fingerprint density at radius 2 is 1.79 bits per heavy atom. The molecule has 0 saturated heterocycles. The number of amides is 1. The number of hydrogen-bond donors (Lipinski definition) is 3. The Morgan fingerprint density at radius 1 is 1.17 bits per heavy atom. The standard InChI is InChI=1S/C13H20N4O5S.ClH/c1-14-8-2-3-13(18)15-9-10-16-23(21,22)12-6-4-11(5-7-12)17(19)20;/h4-7,14,16H,2-3,8-10H2,1H3,(H,15,18);1H. The maximum absolute atomic E-state index is 12.0. The van der Waals surface area contributed by atoms with E-state index < -0.39 is 14.9 Å². The molecule has 0 atom stereocenters.